The first-order chi connectivity index (χ1) is 8.61. The molecule has 0 amide bonds. The first kappa shape index (κ1) is 15.8. The van der Waals surface area contributed by atoms with Crippen LogP contribution in [-0.2, 0) is 6.42 Å². The van der Waals surface area contributed by atoms with Crippen LogP contribution in [0.15, 0.2) is 30.5 Å². The zero-order chi connectivity index (χ0) is 13.1. The smallest absolute Gasteiger partial charge is 0.543 e. The van der Waals surface area contributed by atoms with E-state index in [4.69, 9.17) is 11.6 Å². The molecule has 6 heteroatoms. The van der Waals surface area contributed by atoms with Crippen LogP contribution in [0.2, 0.25) is 5.02 Å². The summed E-state index contributed by atoms with van der Waals surface area (Å²) < 4.78 is 1.75. The van der Waals surface area contributed by atoms with E-state index in [1.807, 2.05) is 19.1 Å². The Bertz CT molecular complexity index is 567. The van der Waals surface area contributed by atoms with E-state index < -0.39 is 5.97 Å². The topological polar surface area (TPSA) is 57.9 Å². The van der Waals surface area contributed by atoms with Crippen LogP contribution < -0.4 is 24.0 Å². The summed E-state index contributed by atoms with van der Waals surface area (Å²) in [7, 11) is 0. The molecule has 0 aliphatic rings. The molecular formula is C13H12ClLiN2O2. The van der Waals surface area contributed by atoms with Gasteiger partial charge in [0.25, 0.3) is 0 Å². The second-order valence-electron chi connectivity index (χ2n) is 3.93. The van der Waals surface area contributed by atoms with Gasteiger partial charge in [-0.15, -0.1) is 0 Å². The van der Waals surface area contributed by atoms with Crippen LogP contribution in [0.3, 0.4) is 0 Å². The Hall–Kier alpha value is -1.21. The predicted octanol–water partition coefficient (Wildman–Crippen LogP) is -1.15. The molecule has 0 atom stereocenters. The average molecular weight is 271 g/mol. The van der Waals surface area contributed by atoms with E-state index in [1.54, 1.807) is 16.7 Å². The minimum atomic E-state index is -1.26. The standard InChI is InChI=1S/C13H13ClN2O2.Li/c1-2-3-12-15-11(13(17)18)8-16(12)10-6-4-9(14)5-7-10;/h4-8H,2-3H2,1H3,(H,17,18);/q;+1/p-1. The van der Waals surface area contributed by atoms with Crippen molar-refractivity contribution in [2.24, 2.45) is 0 Å². The van der Waals surface area contributed by atoms with Crippen molar-refractivity contribution >= 4 is 17.6 Å². The SMILES string of the molecule is CCCc1nc(C(=O)[O-])cn1-c1ccc(Cl)cc1.[Li+]. The van der Waals surface area contributed by atoms with Gasteiger partial charge in [-0.3, -0.25) is 0 Å². The zero-order valence-electron chi connectivity index (χ0n) is 10.9. The molecule has 94 valence electrons. The summed E-state index contributed by atoms with van der Waals surface area (Å²) in [6.45, 7) is 2.01. The molecule has 0 unspecified atom stereocenters. The largest absolute Gasteiger partial charge is 1.00 e. The summed E-state index contributed by atoms with van der Waals surface area (Å²) in [5.74, 6) is -0.556. The third kappa shape index (κ3) is 3.63. The summed E-state index contributed by atoms with van der Waals surface area (Å²) >= 11 is 5.83. The Morgan fingerprint density at radius 2 is 2.00 bits per heavy atom. The van der Waals surface area contributed by atoms with Crippen LogP contribution in [0.1, 0.15) is 29.7 Å². The van der Waals surface area contributed by atoms with Crippen molar-refractivity contribution in [1.82, 2.24) is 9.55 Å². The molecule has 0 radical (unpaired) electrons. The zero-order valence-corrected chi connectivity index (χ0v) is 11.6. The molecule has 0 spiro atoms. The number of aromatic nitrogens is 2. The fraction of sp³-hybridized carbons (Fsp3) is 0.231. The van der Waals surface area contributed by atoms with Crippen molar-refractivity contribution in [2.45, 2.75) is 19.8 Å². The minimum Gasteiger partial charge on any atom is -0.543 e. The number of benzene rings is 1. The molecule has 0 aliphatic carbocycles. The number of halogens is 1. The number of hydrogen-bond donors (Lipinski definition) is 0. The van der Waals surface area contributed by atoms with Crippen LogP contribution >= 0.6 is 11.6 Å². The average Bonchev–Trinajstić information content (AvgIpc) is 2.75. The van der Waals surface area contributed by atoms with Gasteiger partial charge in [-0.25, -0.2) is 4.98 Å². The number of aromatic carboxylic acids is 1. The van der Waals surface area contributed by atoms with Crippen molar-refractivity contribution in [3.05, 3.63) is 47.0 Å². The third-order valence-electron chi connectivity index (χ3n) is 2.57. The molecule has 4 nitrogen and oxygen atoms in total. The van der Waals surface area contributed by atoms with E-state index in [9.17, 15) is 9.90 Å². The number of carbonyl (C=O) groups excluding carboxylic acids is 1. The van der Waals surface area contributed by atoms with Gasteiger partial charge in [-0.05, 0) is 30.7 Å². The van der Waals surface area contributed by atoms with Gasteiger partial charge in [0.2, 0.25) is 0 Å². The minimum absolute atomic E-state index is 0. The van der Waals surface area contributed by atoms with Crippen LogP contribution in [0.25, 0.3) is 5.69 Å². The summed E-state index contributed by atoms with van der Waals surface area (Å²) in [5, 5.41) is 11.5. The fourth-order valence-corrected chi connectivity index (χ4v) is 1.87. The molecular weight excluding hydrogens is 259 g/mol. The van der Waals surface area contributed by atoms with Gasteiger partial charge in [0.05, 0.1) is 5.97 Å². The Morgan fingerprint density at radius 3 is 2.53 bits per heavy atom. The van der Waals surface area contributed by atoms with Gasteiger partial charge in [-0.1, -0.05) is 18.5 Å². The Morgan fingerprint density at radius 1 is 1.37 bits per heavy atom. The number of carbonyl (C=O) groups is 1. The molecule has 2 aromatic rings. The van der Waals surface area contributed by atoms with E-state index in [-0.39, 0.29) is 24.6 Å². The monoisotopic (exact) mass is 270 g/mol. The third-order valence-corrected chi connectivity index (χ3v) is 2.82. The van der Waals surface area contributed by atoms with E-state index >= 15 is 0 Å². The number of aryl methyl sites for hydroxylation is 1. The number of rotatable bonds is 4. The maximum atomic E-state index is 10.8. The molecule has 19 heavy (non-hydrogen) atoms. The van der Waals surface area contributed by atoms with E-state index in [1.165, 1.54) is 6.20 Å². The van der Waals surface area contributed by atoms with Crippen molar-refractivity contribution < 1.29 is 28.8 Å². The number of carboxylic acid groups (broad SMARTS) is 1. The van der Waals surface area contributed by atoms with E-state index in [0.29, 0.717) is 17.3 Å². The molecule has 0 saturated carbocycles. The van der Waals surface area contributed by atoms with Gasteiger partial charge in [-0.2, -0.15) is 0 Å². The Balaban J connectivity index is 0.00000180. The molecule has 1 aromatic carbocycles. The Kier molecular flexibility index (Phi) is 5.68. The molecule has 2 rings (SSSR count). The van der Waals surface area contributed by atoms with E-state index in [0.717, 1.165) is 12.1 Å². The molecule has 0 saturated heterocycles. The molecule has 1 aromatic heterocycles. The summed E-state index contributed by atoms with van der Waals surface area (Å²) in [6, 6.07) is 7.15. The second kappa shape index (κ2) is 6.81. The summed E-state index contributed by atoms with van der Waals surface area (Å²) in [4.78, 5) is 14.9. The van der Waals surface area contributed by atoms with Gasteiger partial charge in [0, 0.05) is 23.3 Å². The molecule has 0 bridgehead atoms. The van der Waals surface area contributed by atoms with Crippen molar-refractivity contribution in [3.63, 3.8) is 0 Å². The van der Waals surface area contributed by atoms with Crippen molar-refractivity contribution in [3.8, 4) is 5.69 Å². The summed E-state index contributed by atoms with van der Waals surface area (Å²) in [5.41, 5.74) is 0.788. The Labute approximate surface area is 128 Å². The molecule has 1 heterocycles. The molecule has 0 N–H and O–H groups in total. The number of hydrogen-bond acceptors (Lipinski definition) is 3. The number of nitrogens with zero attached hydrogens (tertiary/aromatic N) is 2. The maximum absolute atomic E-state index is 10.8. The number of imidazole rings is 1. The maximum Gasteiger partial charge on any atom is 1.00 e. The van der Waals surface area contributed by atoms with Crippen LogP contribution in [0, 0.1) is 0 Å². The number of carboxylic acids is 1. The van der Waals surface area contributed by atoms with Crippen LogP contribution in [-0.4, -0.2) is 15.5 Å². The predicted molar refractivity (Wildman–Crippen MR) is 66.9 cm³/mol. The van der Waals surface area contributed by atoms with Crippen LogP contribution in [0.5, 0.6) is 0 Å². The summed E-state index contributed by atoms with van der Waals surface area (Å²) in [6.07, 6.45) is 3.07. The van der Waals surface area contributed by atoms with E-state index in [2.05, 4.69) is 4.98 Å². The van der Waals surface area contributed by atoms with Crippen molar-refractivity contribution in [2.75, 3.05) is 0 Å². The van der Waals surface area contributed by atoms with Crippen LogP contribution in [0.4, 0.5) is 0 Å². The van der Waals surface area contributed by atoms with Gasteiger partial charge < -0.3 is 14.5 Å². The van der Waals surface area contributed by atoms with Gasteiger partial charge in [0.1, 0.15) is 11.5 Å². The van der Waals surface area contributed by atoms with Crippen molar-refractivity contribution in [1.29, 1.82) is 0 Å². The van der Waals surface area contributed by atoms with Gasteiger partial charge >= 0.3 is 18.9 Å². The fourth-order valence-electron chi connectivity index (χ4n) is 1.74. The second-order valence-corrected chi connectivity index (χ2v) is 4.36. The van der Waals surface area contributed by atoms with Gasteiger partial charge in [0.15, 0.2) is 0 Å². The quantitative estimate of drug-likeness (QED) is 0.659. The normalized spacial score (nSPS) is 10.0. The molecule has 0 fully saturated rings. The first-order valence-electron chi connectivity index (χ1n) is 5.67. The molecule has 0 aliphatic heterocycles. The first-order valence-corrected chi connectivity index (χ1v) is 6.05.